The summed E-state index contributed by atoms with van der Waals surface area (Å²) in [6.07, 6.45) is 1.95. The van der Waals surface area contributed by atoms with E-state index in [1.54, 1.807) is 23.1 Å². The molecule has 0 radical (unpaired) electrons. The number of carbonyl (C=O) groups is 1. The van der Waals surface area contributed by atoms with E-state index in [1.807, 2.05) is 22.4 Å². The van der Waals surface area contributed by atoms with Gasteiger partial charge in [0.05, 0.1) is 22.6 Å². The van der Waals surface area contributed by atoms with Gasteiger partial charge in [0.15, 0.2) is 0 Å². The molecule has 16 heavy (non-hydrogen) atoms. The zero-order valence-electron chi connectivity index (χ0n) is 8.96. The molecule has 1 fully saturated rings. The van der Waals surface area contributed by atoms with Crippen LogP contribution < -0.4 is 0 Å². The Morgan fingerprint density at radius 2 is 2.56 bits per heavy atom. The second-order valence-corrected chi connectivity index (χ2v) is 6.01. The summed E-state index contributed by atoms with van der Waals surface area (Å²) in [5.74, 6) is 0.631. The zero-order valence-corrected chi connectivity index (χ0v) is 10.6. The minimum Gasteiger partial charge on any atom is -0.394 e. The first kappa shape index (κ1) is 12.0. The van der Waals surface area contributed by atoms with E-state index in [1.165, 1.54) is 4.21 Å². The van der Waals surface area contributed by atoms with Gasteiger partial charge in [-0.1, -0.05) is 6.07 Å². The average molecular weight is 257 g/mol. The fraction of sp³-hybridized carbons (Fsp3) is 0.545. The van der Waals surface area contributed by atoms with Crippen molar-refractivity contribution in [3.8, 4) is 0 Å². The van der Waals surface area contributed by atoms with E-state index in [0.29, 0.717) is 5.75 Å². The first-order valence-corrected chi connectivity index (χ1v) is 7.24. The molecule has 1 aromatic heterocycles. The molecule has 1 aliphatic heterocycles. The van der Waals surface area contributed by atoms with Gasteiger partial charge in [0, 0.05) is 6.54 Å². The van der Waals surface area contributed by atoms with Crippen LogP contribution in [0.25, 0.3) is 0 Å². The quantitative estimate of drug-likeness (QED) is 0.837. The number of thiophene rings is 1. The number of nitrogens with zero attached hydrogens (tertiary/aromatic N) is 1. The van der Waals surface area contributed by atoms with Crippen molar-refractivity contribution in [3.63, 3.8) is 0 Å². The molecule has 0 aromatic carbocycles. The maximum atomic E-state index is 11.9. The molecule has 1 aliphatic rings. The Morgan fingerprint density at radius 3 is 3.25 bits per heavy atom. The molecule has 1 atom stereocenters. The van der Waals surface area contributed by atoms with Crippen molar-refractivity contribution in [2.24, 2.45) is 0 Å². The van der Waals surface area contributed by atoms with Gasteiger partial charge in [0.25, 0.3) is 0 Å². The number of amides is 1. The lowest BCUT2D eigenvalue weighted by Gasteiger charge is -2.22. The van der Waals surface area contributed by atoms with Crippen LogP contribution in [0.2, 0.25) is 0 Å². The van der Waals surface area contributed by atoms with Crippen molar-refractivity contribution >= 4 is 29.0 Å². The SMILES string of the molecule is O=C(CSc1cccs1)N1CCCC1CO. The second-order valence-electron chi connectivity index (χ2n) is 3.79. The second kappa shape index (κ2) is 5.70. The van der Waals surface area contributed by atoms with E-state index >= 15 is 0 Å². The van der Waals surface area contributed by atoms with Gasteiger partial charge in [-0.2, -0.15) is 0 Å². The van der Waals surface area contributed by atoms with Crippen LogP contribution >= 0.6 is 23.1 Å². The van der Waals surface area contributed by atoms with Crippen LogP contribution in [0.4, 0.5) is 0 Å². The van der Waals surface area contributed by atoms with E-state index in [2.05, 4.69) is 0 Å². The largest absolute Gasteiger partial charge is 0.394 e. The number of likely N-dealkylation sites (tertiary alicyclic amines) is 1. The van der Waals surface area contributed by atoms with Gasteiger partial charge < -0.3 is 10.0 Å². The highest BCUT2D eigenvalue weighted by Gasteiger charge is 2.27. The minimum atomic E-state index is 0.0523. The lowest BCUT2D eigenvalue weighted by Crippen LogP contribution is -2.38. The summed E-state index contributed by atoms with van der Waals surface area (Å²) in [5.41, 5.74) is 0. The summed E-state index contributed by atoms with van der Waals surface area (Å²) in [7, 11) is 0. The first-order valence-electron chi connectivity index (χ1n) is 5.38. The Labute approximate surface area is 103 Å². The number of rotatable bonds is 4. The van der Waals surface area contributed by atoms with Crippen LogP contribution in [0.15, 0.2) is 21.7 Å². The third kappa shape index (κ3) is 2.78. The lowest BCUT2D eigenvalue weighted by atomic mass is 10.2. The predicted octanol–water partition coefficient (Wildman–Crippen LogP) is 1.82. The molecule has 0 spiro atoms. The van der Waals surface area contributed by atoms with Crippen LogP contribution in [-0.4, -0.2) is 40.9 Å². The van der Waals surface area contributed by atoms with Crippen molar-refractivity contribution in [1.29, 1.82) is 0 Å². The van der Waals surface area contributed by atoms with Crippen molar-refractivity contribution in [2.75, 3.05) is 18.9 Å². The maximum absolute atomic E-state index is 11.9. The summed E-state index contributed by atoms with van der Waals surface area (Å²) in [4.78, 5) is 13.7. The number of hydrogen-bond donors (Lipinski definition) is 1. The normalized spacial score (nSPS) is 20.3. The molecule has 0 saturated carbocycles. The Kier molecular flexibility index (Phi) is 4.26. The van der Waals surface area contributed by atoms with Crippen molar-refractivity contribution < 1.29 is 9.90 Å². The molecule has 2 rings (SSSR count). The fourth-order valence-electron chi connectivity index (χ4n) is 1.92. The Bertz CT molecular complexity index is 340. The van der Waals surface area contributed by atoms with Crippen molar-refractivity contribution in [3.05, 3.63) is 17.5 Å². The zero-order chi connectivity index (χ0) is 11.4. The summed E-state index contributed by atoms with van der Waals surface area (Å²) in [6, 6.07) is 4.07. The van der Waals surface area contributed by atoms with Crippen LogP contribution in [0.1, 0.15) is 12.8 Å². The van der Waals surface area contributed by atoms with Gasteiger partial charge in [-0.25, -0.2) is 0 Å². The maximum Gasteiger partial charge on any atom is 0.233 e. The summed E-state index contributed by atoms with van der Waals surface area (Å²) >= 11 is 3.24. The van der Waals surface area contributed by atoms with Gasteiger partial charge in [-0.05, 0) is 24.3 Å². The van der Waals surface area contributed by atoms with E-state index < -0.39 is 0 Å². The Hall–Kier alpha value is -0.520. The van der Waals surface area contributed by atoms with Gasteiger partial charge in [0.2, 0.25) is 5.91 Å². The van der Waals surface area contributed by atoms with Crippen LogP contribution in [0, 0.1) is 0 Å². The number of hydrogen-bond acceptors (Lipinski definition) is 4. The van der Waals surface area contributed by atoms with Crippen LogP contribution in [-0.2, 0) is 4.79 Å². The molecule has 1 aromatic rings. The average Bonchev–Trinajstić information content (AvgIpc) is 2.96. The monoisotopic (exact) mass is 257 g/mol. The third-order valence-electron chi connectivity index (χ3n) is 2.74. The summed E-state index contributed by atoms with van der Waals surface area (Å²) in [5, 5.41) is 11.2. The topological polar surface area (TPSA) is 40.5 Å². The van der Waals surface area contributed by atoms with Crippen molar-refractivity contribution in [1.82, 2.24) is 4.90 Å². The first-order chi connectivity index (χ1) is 7.81. The molecule has 0 aliphatic carbocycles. The van der Waals surface area contributed by atoms with Gasteiger partial charge >= 0.3 is 0 Å². The van der Waals surface area contributed by atoms with E-state index in [-0.39, 0.29) is 18.6 Å². The number of thioether (sulfide) groups is 1. The van der Waals surface area contributed by atoms with Gasteiger partial charge in [-0.3, -0.25) is 4.79 Å². The highest BCUT2D eigenvalue weighted by molar-refractivity contribution is 8.01. The minimum absolute atomic E-state index is 0.0523. The lowest BCUT2D eigenvalue weighted by molar-refractivity contribution is -0.129. The van der Waals surface area contributed by atoms with E-state index in [0.717, 1.165) is 19.4 Å². The van der Waals surface area contributed by atoms with Gasteiger partial charge in [0.1, 0.15) is 0 Å². The molecule has 3 nitrogen and oxygen atoms in total. The Balaban J connectivity index is 1.83. The molecule has 1 unspecified atom stereocenters. The predicted molar refractivity (Wildman–Crippen MR) is 66.9 cm³/mol. The molecule has 5 heteroatoms. The number of aliphatic hydroxyl groups is 1. The van der Waals surface area contributed by atoms with E-state index in [4.69, 9.17) is 5.11 Å². The molecule has 1 amide bonds. The number of carbonyl (C=O) groups excluding carboxylic acids is 1. The van der Waals surface area contributed by atoms with E-state index in [9.17, 15) is 4.79 Å². The molecule has 88 valence electrons. The highest BCUT2D eigenvalue weighted by Crippen LogP contribution is 2.25. The molecule has 2 heterocycles. The third-order valence-corrected chi connectivity index (χ3v) is 4.86. The standard InChI is InChI=1S/C11H15NO2S2/c13-7-9-3-1-5-12(9)10(14)8-16-11-4-2-6-15-11/h2,4,6,9,13H,1,3,5,7-8H2. The molecule has 0 bridgehead atoms. The fourth-order valence-corrected chi connectivity index (χ4v) is 3.59. The summed E-state index contributed by atoms with van der Waals surface area (Å²) < 4.78 is 1.17. The Morgan fingerprint density at radius 1 is 1.69 bits per heavy atom. The smallest absolute Gasteiger partial charge is 0.233 e. The van der Waals surface area contributed by atoms with Crippen LogP contribution in [0.3, 0.4) is 0 Å². The van der Waals surface area contributed by atoms with Crippen molar-refractivity contribution in [2.45, 2.75) is 23.1 Å². The summed E-state index contributed by atoms with van der Waals surface area (Å²) in [6.45, 7) is 0.893. The highest BCUT2D eigenvalue weighted by atomic mass is 32.2. The number of aliphatic hydroxyl groups excluding tert-OH is 1. The molecule has 1 saturated heterocycles. The molecular formula is C11H15NO2S2. The molecular weight excluding hydrogens is 242 g/mol. The van der Waals surface area contributed by atoms with Gasteiger partial charge in [-0.15, -0.1) is 23.1 Å². The van der Waals surface area contributed by atoms with Crippen LogP contribution in [0.5, 0.6) is 0 Å². The molecule has 1 N–H and O–H groups in total.